The van der Waals surface area contributed by atoms with Gasteiger partial charge in [0.25, 0.3) is 5.69 Å². The molecule has 0 bridgehead atoms. The minimum atomic E-state index is -6.00. The van der Waals surface area contributed by atoms with Crippen molar-refractivity contribution in [3.8, 4) is 33.8 Å². The van der Waals surface area contributed by atoms with Crippen LogP contribution in [0.15, 0.2) is 71.1 Å². The highest BCUT2D eigenvalue weighted by molar-refractivity contribution is 6.50. The van der Waals surface area contributed by atoms with Crippen LogP contribution < -0.4 is 4.40 Å². The minimum absolute atomic E-state index is 0.245. The molecule has 0 unspecified atom stereocenters. The Kier molecular flexibility index (Phi) is 3.98. The van der Waals surface area contributed by atoms with Gasteiger partial charge in [-0.1, -0.05) is 12.1 Å². The van der Waals surface area contributed by atoms with E-state index in [-0.39, 0.29) is 5.82 Å². The summed E-state index contributed by atoms with van der Waals surface area (Å²) < 4.78 is 60.4. The Hall–Kier alpha value is -3.16. The first kappa shape index (κ1) is 17.3. The van der Waals surface area contributed by atoms with Crippen molar-refractivity contribution in [2.75, 3.05) is 0 Å². The summed E-state index contributed by atoms with van der Waals surface area (Å²) in [7, 11) is -6.00. The summed E-state index contributed by atoms with van der Waals surface area (Å²) in [6.45, 7) is 0. The second-order valence-electron chi connectivity index (χ2n) is 5.91. The zero-order valence-corrected chi connectivity index (χ0v) is 13.7. The summed E-state index contributed by atoms with van der Waals surface area (Å²) in [5.41, 5.74) is 6.17. The fourth-order valence-electron chi connectivity index (χ4n) is 3.22. The van der Waals surface area contributed by atoms with Gasteiger partial charge in [-0.25, -0.2) is 4.39 Å². The number of aromatic nitrogens is 1. The largest absolute Gasteiger partial charge is 0.673 e. The Morgan fingerprint density at radius 2 is 1.37 bits per heavy atom. The minimum Gasteiger partial charge on any atom is -0.418 e. The van der Waals surface area contributed by atoms with Gasteiger partial charge < -0.3 is 21.7 Å². The lowest BCUT2D eigenvalue weighted by atomic mass is 10.0. The smallest absolute Gasteiger partial charge is 0.418 e. The van der Waals surface area contributed by atoms with Gasteiger partial charge in [-0.2, -0.15) is 0 Å². The third-order valence-corrected chi connectivity index (χ3v) is 4.16. The molecule has 0 N–H and O–H groups in total. The number of halogens is 5. The Morgan fingerprint density at radius 1 is 0.741 bits per heavy atom. The number of benzene rings is 2. The first-order chi connectivity index (χ1) is 12.8. The fraction of sp³-hybridized carbons (Fsp3) is 0. The Labute approximate surface area is 150 Å². The molecule has 2 aromatic heterocycles. The van der Waals surface area contributed by atoms with Gasteiger partial charge in [0.1, 0.15) is 5.82 Å². The number of pyridine rings is 1. The molecule has 4 aromatic rings. The van der Waals surface area contributed by atoms with Crippen LogP contribution in [0.4, 0.5) is 21.7 Å². The number of rotatable bonds is 1. The van der Waals surface area contributed by atoms with E-state index in [0.717, 1.165) is 34.0 Å². The van der Waals surface area contributed by atoms with E-state index in [1.165, 1.54) is 17.7 Å². The highest BCUT2D eigenvalue weighted by atomic mass is 19.5. The molecule has 1 aliphatic rings. The van der Waals surface area contributed by atoms with Gasteiger partial charge in [0.05, 0.1) is 17.2 Å². The molecule has 1 aliphatic heterocycles. The summed E-state index contributed by atoms with van der Waals surface area (Å²) in [6, 6.07) is 20.7. The molecule has 136 valence electrons. The molecule has 2 nitrogen and oxygen atoms in total. The van der Waals surface area contributed by atoms with Gasteiger partial charge in [0, 0.05) is 11.6 Å². The Balaban J connectivity index is 0.000000323. The normalized spacial score (nSPS) is 11.9. The number of oxazole rings is 1. The van der Waals surface area contributed by atoms with Gasteiger partial charge in [-0.3, -0.25) is 0 Å². The summed E-state index contributed by atoms with van der Waals surface area (Å²) in [5.74, 6) is 0.530. The van der Waals surface area contributed by atoms with Crippen LogP contribution in [0.2, 0.25) is 0 Å². The lowest BCUT2D eigenvalue weighted by Gasteiger charge is -1.98. The third-order valence-electron chi connectivity index (χ3n) is 4.16. The number of hydrogen-bond acceptors (Lipinski definition) is 1. The molecule has 5 rings (SSSR count). The van der Waals surface area contributed by atoms with Crippen LogP contribution in [-0.4, -0.2) is 7.25 Å². The SMILES string of the molecule is F[B-](F)(F)F.Fc1ccc(-c2oc3cccc4[n+]3c2-c2ccccc2-4)cc1. The quantitative estimate of drug-likeness (QED) is 0.207. The zero-order chi connectivity index (χ0) is 19.2. The second kappa shape index (κ2) is 6.23. The molecule has 8 heteroatoms. The number of fused-ring (bicyclic) bond motifs is 3. The molecule has 2 aromatic carbocycles. The van der Waals surface area contributed by atoms with Gasteiger partial charge in [0.15, 0.2) is 0 Å². The van der Waals surface area contributed by atoms with Crippen LogP contribution in [-0.2, 0) is 0 Å². The maximum atomic E-state index is 13.2. The molecule has 3 heterocycles. The topological polar surface area (TPSA) is 17.2 Å². The van der Waals surface area contributed by atoms with Crippen LogP contribution >= 0.6 is 0 Å². The van der Waals surface area contributed by atoms with Crippen molar-refractivity contribution < 1.29 is 30.5 Å². The van der Waals surface area contributed by atoms with E-state index in [4.69, 9.17) is 4.42 Å². The van der Waals surface area contributed by atoms with E-state index < -0.39 is 7.25 Å². The average molecular weight is 375 g/mol. The summed E-state index contributed by atoms with van der Waals surface area (Å²) in [6.07, 6.45) is 0. The molecule has 0 amide bonds. The van der Waals surface area contributed by atoms with Gasteiger partial charge in [0.2, 0.25) is 11.5 Å². The molecular weight excluding hydrogens is 364 g/mol. The van der Waals surface area contributed by atoms with E-state index in [2.05, 4.69) is 22.6 Å². The molecule has 0 aliphatic carbocycles. The average Bonchev–Trinajstić information content (AvgIpc) is 3.16. The molecule has 0 fully saturated rings. The van der Waals surface area contributed by atoms with Crippen molar-refractivity contribution in [2.45, 2.75) is 0 Å². The third kappa shape index (κ3) is 3.18. The first-order valence-electron chi connectivity index (χ1n) is 8.03. The lowest BCUT2D eigenvalue weighted by Crippen LogP contribution is -2.20. The van der Waals surface area contributed by atoms with E-state index in [9.17, 15) is 21.7 Å². The van der Waals surface area contributed by atoms with E-state index >= 15 is 0 Å². The molecular formula is C19H11BF5NO. The van der Waals surface area contributed by atoms with E-state index in [0.29, 0.717) is 0 Å². The molecule has 0 saturated heterocycles. The van der Waals surface area contributed by atoms with Crippen molar-refractivity contribution in [3.63, 3.8) is 0 Å². The number of hydrogen-bond donors (Lipinski definition) is 0. The highest BCUT2D eigenvalue weighted by Gasteiger charge is 2.36. The summed E-state index contributed by atoms with van der Waals surface area (Å²) >= 11 is 0. The molecule has 0 saturated carbocycles. The van der Waals surface area contributed by atoms with Crippen molar-refractivity contribution in [2.24, 2.45) is 0 Å². The summed E-state index contributed by atoms with van der Waals surface area (Å²) in [4.78, 5) is 0. The van der Waals surface area contributed by atoms with Crippen molar-refractivity contribution in [1.29, 1.82) is 0 Å². The highest BCUT2D eigenvalue weighted by Crippen LogP contribution is 2.41. The fourth-order valence-corrected chi connectivity index (χ4v) is 3.22. The summed E-state index contributed by atoms with van der Waals surface area (Å²) in [5, 5.41) is 0. The zero-order valence-electron chi connectivity index (χ0n) is 13.7. The van der Waals surface area contributed by atoms with Gasteiger partial charge in [-0.15, -0.1) is 4.40 Å². The monoisotopic (exact) mass is 375 g/mol. The first-order valence-corrected chi connectivity index (χ1v) is 8.03. The number of nitrogens with zero attached hydrogens (tertiary/aromatic N) is 1. The van der Waals surface area contributed by atoms with Gasteiger partial charge >= 0.3 is 13.0 Å². The van der Waals surface area contributed by atoms with Crippen molar-refractivity contribution in [1.82, 2.24) is 0 Å². The van der Waals surface area contributed by atoms with Gasteiger partial charge in [-0.05, 0) is 42.5 Å². The maximum absolute atomic E-state index is 13.2. The lowest BCUT2D eigenvalue weighted by molar-refractivity contribution is -0.485. The predicted octanol–water partition coefficient (Wildman–Crippen LogP) is 5.77. The van der Waals surface area contributed by atoms with Crippen molar-refractivity contribution >= 4 is 13.0 Å². The van der Waals surface area contributed by atoms with Crippen LogP contribution in [0.5, 0.6) is 0 Å². The van der Waals surface area contributed by atoms with Crippen LogP contribution in [0, 0.1) is 5.82 Å². The molecule has 27 heavy (non-hydrogen) atoms. The predicted molar refractivity (Wildman–Crippen MR) is 91.9 cm³/mol. The Bertz CT molecular complexity index is 1130. The van der Waals surface area contributed by atoms with Crippen molar-refractivity contribution in [3.05, 3.63) is 72.5 Å². The van der Waals surface area contributed by atoms with Crippen LogP contribution in [0.3, 0.4) is 0 Å². The van der Waals surface area contributed by atoms with E-state index in [1.54, 1.807) is 12.1 Å². The molecule has 0 radical (unpaired) electrons. The second-order valence-corrected chi connectivity index (χ2v) is 5.91. The van der Waals surface area contributed by atoms with E-state index in [1.807, 2.05) is 24.3 Å². The molecule has 0 spiro atoms. The van der Waals surface area contributed by atoms with Crippen LogP contribution in [0.25, 0.3) is 39.6 Å². The molecule has 0 atom stereocenters. The maximum Gasteiger partial charge on any atom is 0.673 e. The van der Waals surface area contributed by atoms with Crippen LogP contribution in [0.1, 0.15) is 0 Å². The Morgan fingerprint density at radius 3 is 2.04 bits per heavy atom. The standard InChI is InChI=1S/C19H11FNO.BF4/c20-13-10-8-12(9-11-13)19-18-15-5-2-1-4-14(15)16-6-3-7-17(22-19)21(16)18;2-1(3,4)5/h1-11H;/q+1;-1.